The van der Waals surface area contributed by atoms with E-state index in [1.807, 2.05) is 0 Å². The van der Waals surface area contributed by atoms with Gasteiger partial charge in [0.2, 0.25) is 0 Å². The van der Waals surface area contributed by atoms with Gasteiger partial charge in [0, 0.05) is 23.1 Å². The zero-order chi connectivity index (χ0) is 17.0. The molecule has 2 aliphatic carbocycles. The number of benzene rings is 1. The molecule has 1 saturated heterocycles. The van der Waals surface area contributed by atoms with Gasteiger partial charge in [-0.25, -0.2) is 0 Å². The Bertz CT molecular complexity index is 773. The third kappa shape index (κ3) is 2.72. The van der Waals surface area contributed by atoms with Crippen LogP contribution in [0, 0.1) is 19.8 Å². The summed E-state index contributed by atoms with van der Waals surface area (Å²) in [4.78, 5) is 0. The summed E-state index contributed by atoms with van der Waals surface area (Å²) < 4.78 is 12.2. The molecular weight excluding hydrogens is 312 g/mol. The molecule has 3 fully saturated rings. The minimum Gasteiger partial charge on any atom is -0.372 e. The maximum Gasteiger partial charge on any atom is 0.145 e. The van der Waals surface area contributed by atoms with Crippen LogP contribution in [-0.4, -0.2) is 23.8 Å². The Labute approximate surface area is 148 Å². The summed E-state index contributed by atoms with van der Waals surface area (Å²) in [5.41, 5.74) is 5.89. The first-order valence-corrected chi connectivity index (χ1v) is 9.60. The Kier molecular flexibility index (Phi) is 3.72. The number of rotatable bonds is 5. The third-order valence-corrected chi connectivity index (χ3v) is 6.20. The standard InChI is InChI=1S/C21H26N2O2/c1-12-4-3-5-13(2)19(12)20-16(21(25-23-20)15-6-7-15)11-24-18-9-14-8-17(18)22-10-14/h3-5,14-15,17-18,22H,6-11H2,1-2H3. The van der Waals surface area contributed by atoms with Crippen LogP contribution in [0.1, 0.15) is 54.1 Å². The molecule has 1 aliphatic heterocycles. The van der Waals surface area contributed by atoms with Crippen LogP contribution in [0.25, 0.3) is 11.3 Å². The van der Waals surface area contributed by atoms with Crippen molar-refractivity contribution in [1.82, 2.24) is 10.5 Å². The number of nitrogens with zero attached hydrogens (tertiary/aromatic N) is 1. The highest BCUT2D eigenvalue weighted by Gasteiger charge is 2.41. The van der Waals surface area contributed by atoms with Crippen molar-refractivity contribution >= 4 is 0 Å². The van der Waals surface area contributed by atoms with E-state index >= 15 is 0 Å². The van der Waals surface area contributed by atoms with Crippen molar-refractivity contribution in [3.05, 3.63) is 40.6 Å². The molecule has 2 heterocycles. The van der Waals surface area contributed by atoms with E-state index < -0.39 is 0 Å². The second-order valence-corrected chi connectivity index (χ2v) is 8.12. The Morgan fingerprint density at radius 1 is 1.20 bits per heavy atom. The van der Waals surface area contributed by atoms with Crippen molar-refractivity contribution in [2.24, 2.45) is 5.92 Å². The summed E-state index contributed by atoms with van der Waals surface area (Å²) in [6.07, 6.45) is 5.23. The van der Waals surface area contributed by atoms with E-state index in [1.165, 1.54) is 54.5 Å². The number of ether oxygens (including phenoxy) is 1. The highest BCUT2D eigenvalue weighted by Crippen LogP contribution is 2.45. The van der Waals surface area contributed by atoms with Crippen molar-refractivity contribution in [3.63, 3.8) is 0 Å². The molecule has 0 amide bonds. The molecule has 4 nitrogen and oxygen atoms in total. The van der Waals surface area contributed by atoms with E-state index in [9.17, 15) is 0 Å². The van der Waals surface area contributed by atoms with Gasteiger partial charge in [-0.1, -0.05) is 23.4 Å². The number of fused-ring (bicyclic) bond motifs is 2. The number of piperidine rings is 1. The Hall–Kier alpha value is -1.65. The Balaban J connectivity index is 1.46. The fourth-order valence-corrected chi connectivity index (χ4v) is 4.69. The molecule has 5 rings (SSSR count). The molecule has 3 aliphatic rings. The Morgan fingerprint density at radius 2 is 2.00 bits per heavy atom. The van der Waals surface area contributed by atoms with E-state index in [4.69, 9.17) is 9.26 Å². The lowest BCUT2D eigenvalue weighted by atomic mass is 9.96. The minimum absolute atomic E-state index is 0.339. The van der Waals surface area contributed by atoms with Crippen LogP contribution < -0.4 is 5.32 Å². The molecule has 2 bridgehead atoms. The van der Waals surface area contributed by atoms with E-state index in [2.05, 4.69) is 42.5 Å². The Morgan fingerprint density at radius 3 is 2.64 bits per heavy atom. The molecule has 132 valence electrons. The van der Waals surface area contributed by atoms with E-state index in [1.54, 1.807) is 0 Å². The first kappa shape index (κ1) is 15.6. The molecule has 3 unspecified atom stereocenters. The molecule has 25 heavy (non-hydrogen) atoms. The molecule has 0 spiro atoms. The number of hydrogen-bond donors (Lipinski definition) is 1. The molecule has 1 aromatic carbocycles. The maximum absolute atomic E-state index is 6.38. The summed E-state index contributed by atoms with van der Waals surface area (Å²) in [6.45, 7) is 6.09. The van der Waals surface area contributed by atoms with Gasteiger partial charge in [-0.05, 0) is 63.1 Å². The molecule has 3 atom stereocenters. The van der Waals surface area contributed by atoms with Gasteiger partial charge in [0.05, 0.1) is 12.7 Å². The van der Waals surface area contributed by atoms with E-state index in [0.29, 0.717) is 24.7 Å². The first-order valence-electron chi connectivity index (χ1n) is 9.60. The summed E-state index contributed by atoms with van der Waals surface area (Å²) in [5, 5.41) is 8.08. The zero-order valence-electron chi connectivity index (χ0n) is 15.0. The molecule has 2 aromatic rings. The van der Waals surface area contributed by atoms with Crippen LogP contribution in [-0.2, 0) is 11.3 Å². The monoisotopic (exact) mass is 338 g/mol. The second-order valence-electron chi connectivity index (χ2n) is 8.12. The van der Waals surface area contributed by atoms with Gasteiger partial charge in [-0.15, -0.1) is 0 Å². The molecule has 2 saturated carbocycles. The highest BCUT2D eigenvalue weighted by molar-refractivity contribution is 5.70. The van der Waals surface area contributed by atoms with E-state index in [0.717, 1.165) is 17.4 Å². The van der Waals surface area contributed by atoms with Crippen molar-refractivity contribution in [2.75, 3.05) is 6.54 Å². The van der Waals surface area contributed by atoms with Crippen molar-refractivity contribution in [3.8, 4) is 11.3 Å². The normalized spacial score (nSPS) is 28.0. The fourth-order valence-electron chi connectivity index (χ4n) is 4.69. The van der Waals surface area contributed by atoms with Crippen molar-refractivity contribution < 1.29 is 9.26 Å². The summed E-state index contributed by atoms with van der Waals surface area (Å²) in [5.74, 6) is 2.41. The largest absolute Gasteiger partial charge is 0.372 e. The van der Waals surface area contributed by atoms with Gasteiger partial charge in [-0.2, -0.15) is 0 Å². The van der Waals surface area contributed by atoms with Crippen molar-refractivity contribution in [1.29, 1.82) is 0 Å². The molecular formula is C21H26N2O2. The lowest BCUT2D eigenvalue weighted by Gasteiger charge is -2.23. The number of aryl methyl sites for hydroxylation is 2. The van der Waals surface area contributed by atoms with Gasteiger partial charge in [0.1, 0.15) is 11.5 Å². The van der Waals surface area contributed by atoms with Gasteiger partial charge >= 0.3 is 0 Å². The minimum atomic E-state index is 0.339. The molecule has 1 aromatic heterocycles. The van der Waals surface area contributed by atoms with Gasteiger partial charge < -0.3 is 14.6 Å². The van der Waals surface area contributed by atoms with Crippen molar-refractivity contribution in [2.45, 2.75) is 64.2 Å². The number of hydrogen-bond acceptors (Lipinski definition) is 4. The number of nitrogens with one attached hydrogen (secondary N) is 1. The summed E-state index contributed by atoms with van der Waals surface area (Å²) >= 11 is 0. The van der Waals surface area contributed by atoms with E-state index in [-0.39, 0.29) is 0 Å². The molecule has 1 N–H and O–H groups in total. The smallest absolute Gasteiger partial charge is 0.145 e. The lowest BCUT2D eigenvalue weighted by molar-refractivity contribution is 0.0186. The van der Waals surface area contributed by atoms with Crippen LogP contribution in [0.5, 0.6) is 0 Å². The average molecular weight is 338 g/mol. The van der Waals surface area contributed by atoms with Crippen LogP contribution in [0.15, 0.2) is 22.7 Å². The summed E-state index contributed by atoms with van der Waals surface area (Å²) in [7, 11) is 0. The highest BCUT2D eigenvalue weighted by atomic mass is 16.5. The zero-order valence-corrected chi connectivity index (χ0v) is 15.0. The predicted molar refractivity (Wildman–Crippen MR) is 96.5 cm³/mol. The fraction of sp³-hybridized carbons (Fsp3) is 0.571. The van der Waals surface area contributed by atoms with Crippen LogP contribution in [0.4, 0.5) is 0 Å². The first-order chi connectivity index (χ1) is 12.2. The predicted octanol–water partition coefficient (Wildman–Crippen LogP) is 4.10. The van der Waals surface area contributed by atoms with Crippen LogP contribution in [0.3, 0.4) is 0 Å². The second kappa shape index (κ2) is 5.96. The van der Waals surface area contributed by atoms with Gasteiger partial charge in [-0.3, -0.25) is 0 Å². The lowest BCUT2D eigenvalue weighted by Crippen LogP contribution is -2.38. The number of aromatic nitrogens is 1. The van der Waals surface area contributed by atoms with Crippen LogP contribution in [0.2, 0.25) is 0 Å². The van der Waals surface area contributed by atoms with Gasteiger partial charge in [0.25, 0.3) is 0 Å². The average Bonchev–Trinajstić information content (AvgIpc) is 3.03. The maximum atomic E-state index is 6.38. The molecule has 0 radical (unpaired) electrons. The topological polar surface area (TPSA) is 47.3 Å². The summed E-state index contributed by atoms with van der Waals surface area (Å²) in [6, 6.07) is 6.95. The van der Waals surface area contributed by atoms with Gasteiger partial charge in [0.15, 0.2) is 0 Å². The SMILES string of the molecule is Cc1cccc(C)c1-c1noc(C2CC2)c1COC1CC2CNC1C2. The quantitative estimate of drug-likeness (QED) is 0.891. The molecule has 4 heteroatoms. The third-order valence-electron chi connectivity index (χ3n) is 6.20. The van der Waals surface area contributed by atoms with Crippen LogP contribution >= 0.6 is 0 Å².